The Kier molecular flexibility index (Phi) is 6.15. The van der Waals surface area contributed by atoms with Crippen molar-refractivity contribution in [1.29, 1.82) is 0 Å². The van der Waals surface area contributed by atoms with Gasteiger partial charge in [0.05, 0.1) is 13.1 Å². The third-order valence-corrected chi connectivity index (χ3v) is 2.65. The number of rotatable bonds is 7. The number of carbonyl (C=O) groups is 3. The van der Waals surface area contributed by atoms with E-state index in [1.54, 1.807) is 12.1 Å². The third kappa shape index (κ3) is 5.91. The first-order valence-electron chi connectivity index (χ1n) is 6.25. The van der Waals surface area contributed by atoms with Crippen LogP contribution in [0, 0.1) is 0 Å². The summed E-state index contributed by atoms with van der Waals surface area (Å²) in [5.41, 5.74) is 10.9. The molecule has 8 nitrogen and oxygen atoms in total. The molecule has 8 heteroatoms. The molecule has 0 heterocycles. The molecular formula is C13H18N4O4. The molecule has 0 aromatic heterocycles. The number of amides is 3. The highest BCUT2D eigenvalue weighted by molar-refractivity contribution is 5.90. The van der Waals surface area contributed by atoms with Gasteiger partial charge < -0.3 is 27.2 Å². The SMILES string of the molecule is NCC(=O)NC(Cc1ccc(O)cc1)C(=O)NCC(N)=O. The van der Waals surface area contributed by atoms with Gasteiger partial charge in [0.1, 0.15) is 11.8 Å². The van der Waals surface area contributed by atoms with Gasteiger partial charge in [-0.3, -0.25) is 14.4 Å². The summed E-state index contributed by atoms with van der Waals surface area (Å²) in [6.45, 7) is -0.571. The number of carbonyl (C=O) groups excluding carboxylic acids is 3. The van der Waals surface area contributed by atoms with Gasteiger partial charge in [-0.1, -0.05) is 12.1 Å². The molecule has 1 aromatic carbocycles. The summed E-state index contributed by atoms with van der Waals surface area (Å²) in [6.07, 6.45) is 0.191. The Morgan fingerprint density at radius 1 is 1.19 bits per heavy atom. The van der Waals surface area contributed by atoms with Crippen LogP contribution in [-0.2, 0) is 20.8 Å². The standard InChI is InChI=1S/C13H18N4O4/c14-6-12(20)17-10(13(21)16-7-11(15)19)5-8-1-3-9(18)4-2-8/h1-4,10,18H,5-7,14H2,(H2,15,19)(H,16,21)(H,17,20). The summed E-state index contributed by atoms with van der Waals surface area (Å²) in [4.78, 5) is 34.0. The average Bonchev–Trinajstić information content (AvgIpc) is 2.46. The smallest absolute Gasteiger partial charge is 0.243 e. The largest absolute Gasteiger partial charge is 0.508 e. The molecule has 21 heavy (non-hydrogen) atoms. The van der Waals surface area contributed by atoms with Crippen molar-refractivity contribution >= 4 is 17.7 Å². The minimum atomic E-state index is -0.884. The monoisotopic (exact) mass is 294 g/mol. The summed E-state index contributed by atoms with van der Waals surface area (Å²) in [6, 6.07) is 5.30. The van der Waals surface area contributed by atoms with E-state index in [0.29, 0.717) is 0 Å². The van der Waals surface area contributed by atoms with Crippen LogP contribution in [0.25, 0.3) is 0 Å². The highest BCUT2D eigenvalue weighted by atomic mass is 16.3. The highest BCUT2D eigenvalue weighted by Crippen LogP contribution is 2.11. The van der Waals surface area contributed by atoms with Crippen LogP contribution in [0.5, 0.6) is 5.75 Å². The number of primary amides is 1. The number of nitrogens with two attached hydrogens (primary N) is 2. The Bertz CT molecular complexity index is 515. The Morgan fingerprint density at radius 2 is 1.81 bits per heavy atom. The Labute approximate surface area is 121 Å². The second kappa shape index (κ2) is 7.85. The normalized spacial score (nSPS) is 11.5. The van der Waals surface area contributed by atoms with Gasteiger partial charge in [0.15, 0.2) is 0 Å². The average molecular weight is 294 g/mol. The fraction of sp³-hybridized carbons (Fsp3) is 0.308. The van der Waals surface area contributed by atoms with E-state index in [1.165, 1.54) is 12.1 Å². The molecule has 0 aliphatic heterocycles. The van der Waals surface area contributed by atoms with Crippen LogP contribution in [0.15, 0.2) is 24.3 Å². The van der Waals surface area contributed by atoms with Crippen LogP contribution in [-0.4, -0.2) is 42.0 Å². The number of benzene rings is 1. The third-order valence-electron chi connectivity index (χ3n) is 2.65. The van der Waals surface area contributed by atoms with Crippen LogP contribution in [0.1, 0.15) is 5.56 Å². The lowest BCUT2D eigenvalue weighted by atomic mass is 10.0. The van der Waals surface area contributed by atoms with Gasteiger partial charge in [0, 0.05) is 6.42 Å². The van der Waals surface area contributed by atoms with E-state index in [9.17, 15) is 19.5 Å². The molecule has 1 atom stereocenters. The van der Waals surface area contributed by atoms with E-state index >= 15 is 0 Å². The number of phenolic OH excluding ortho intramolecular Hbond substituents is 1. The van der Waals surface area contributed by atoms with Crippen LogP contribution in [0.4, 0.5) is 0 Å². The first-order valence-corrected chi connectivity index (χ1v) is 6.25. The van der Waals surface area contributed by atoms with Crippen LogP contribution >= 0.6 is 0 Å². The fourth-order valence-electron chi connectivity index (χ4n) is 1.63. The maximum atomic E-state index is 11.9. The zero-order valence-corrected chi connectivity index (χ0v) is 11.3. The number of nitrogens with one attached hydrogen (secondary N) is 2. The van der Waals surface area contributed by atoms with E-state index < -0.39 is 23.8 Å². The van der Waals surface area contributed by atoms with Crippen LogP contribution < -0.4 is 22.1 Å². The topological polar surface area (TPSA) is 148 Å². The molecule has 0 fully saturated rings. The van der Waals surface area contributed by atoms with E-state index in [2.05, 4.69) is 10.6 Å². The van der Waals surface area contributed by atoms with Gasteiger partial charge in [-0.15, -0.1) is 0 Å². The van der Waals surface area contributed by atoms with Crippen molar-refractivity contribution in [3.8, 4) is 5.75 Å². The van der Waals surface area contributed by atoms with Crippen molar-refractivity contribution in [2.75, 3.05) is 13.1 Å². The molecule has 0 aliphatic rings. The van der Waals surface area contributed by atoms with Gasteiger partial charge in [0.2, 0.25) is 17.7 Å². The molecule has 1 aromatic rings. The second-order valence-corrected chi connectivity index (χ2v) is 4.38. The van der Waals surface area contributed by atoms with Gasteiger partial charge in [-0.25, -0.2) is 0 Å². The van der Waals surface area contributed by atoms with Crippen molar-refractivity contribution < 1.29 is 19.5 Å². The lowest BCUT2D eigenvalue weighted by Crippen LogP contribution is -2.50. The van der Waals surface area contributed by atoms with E-state index in [-0.39, 0.29) is 25.3 Å². The fourth-order valence-corrected chi connectivity index (χ4v) is 1.63. The Balaban J connectivity index is 2.75. The first-order chi connectivity index (χ1) is 9.92. The van der Waals surface area contributed by atoms with Crippen LogP contribution in [0.3, 0.4) is 0 Å². The predicted molar refractivity (Wildman–Crippen MR) is 75.0 cm³/mol. The van der Waals surface area contributed by atoms with Crippen molar-refractivity contribution in [3.63, 3.8) is 0 Å². The summed E-state index contributed by atoms with van der Waals surface area (Å²) in [7, 11) is 0. The molecule has 3 amide bonds. The number of aromatic hydroxyl groups is 1. The molecule has 114 valence electrons. The van der Waals surface area contributed by atoms with E-state index in [1.807, 2.05) is 0 Å². The lowest BCUT2D eigenvalue weighted by molar-refractivity contribution is -0.129. The lowest BCUT2D eigenvalue weighted by Gasteiger charge is -2.18. The van der Waals surface area contributed by atoms with Crippen molar-refractivity contribution in [2.24, 2.45) is 11.5 Å². The summed E-state index contributed by atoms with van der Waals surface area (Å²) < 4.78 is 0. The molecule has 0 saturated carbocycles. The molecule has 0 radical (unpaired) electrons. The highest BCUT2D eigenvalue weighted by Gasteiger charge is 2.20. The van der Waals surface area contributed by atoms with Crippen molar-refractivity contribution in [1.82, 2.24) is 10.6 Å². The minimum absolute atomic E-state index is 0.0967. The quantitative estimate of drug-likeness (QED) is 0.394. The molecule has 0 spiro atoms. The first kappa shape index (κ1) is 16.4. The minimum Gasteiger partial charge on any atom is -0.508 e. The summed E-state index contributed by atoms with van der Waals surface area (Å²) >= 11 is 0. The zero-order chi connectivity index (χ0) is 15.8. The molecule has 0 saturated heterocycles. The molecule has 0 aliphatic carbocycles. The zero-order valence-electron chi connectivity index (χ0n) is 11.3. The second-order valence-electron chi connectivity index (χ2n) is 4.38. The molecular weight excluding hydrogens is 276 g/mol. The maximum Gasteiger partial charge on any atom is 0.243 e. The van der Waals surface area contributed by atoms with Crippen LogP contribution in [0.2, 0.25) is 0 Å². The van der Waals surface area contributed by atoms with Gasteiger partial charge in [-0.2, -0.15) is 0 Å². The summed E-state index contributed by atoms with van der Waals surface area (Å²) in [5.74, 6) is -1.62. The maximum absolute atomic E-state index is 11.9. The Hall–Kier alpha value is -2.61. The number of hydrogen-bond acceptors (Lipinski definition) is 5. The van der Waals surface area contributed by atoms with Crippen molar-refractivity contribution in [2.45, 2.75) is 12.5 Å². The van der Waals surface area contributed by atoms with Crippen molar-refractivity contribution in [3.05, 3.63) is 29.8 Å². The number of phenols is 1. The van der Waals surface area contributed by atoms with Gasteiger partial charge >= 0.3 is 0 Å². The molecule has 1 unspecified atom stereocenters. The van der Waals surface area contributed by atoms with E-state index in [4.69, 9.17) is 11.5 Å². The number of hydrogen-bond donors (Lipinski definition) is 5. The predicted octanol–water partition coefficient (Wildman–Crippen LogP) is -2.02. The van der Waals surface area contributed by atoms with Gasteiger partial charge in [0.25, 0.3) is 0 Å². The van der Waals surface area contributed by atoms with Gasteiger partial charge in [-0.05, 0) is 17.7 Å². The van der Waals surface area contributed by atoms with E-state index in [0.717, 1.165) is 5.56 Å². The summed E-state index contributed by atoms with van der Waals surface area (Å²) in [5, 5.41) is 14.0. The Morgan fingerprint density at radius 3 is 2.33 bits per heavy atom. The molecule has 0 bridgehead atoms. The molecule has 7 N–H and O–H groups in total. The molecule has 1 rings (SSSR count).